The molecule has 2 aromatic rings. The molecule has 1 aliphatic heterocycles. The summed E-state index contributed by atoms with van der Waals surface area (Å²) in [5.74, 6) is 0.727. The van der Waals surface area contributed by atoms with Gasteiger partial charge in [-0.1, -0.05) is 11.6 Å². The van der Waals surface area contributed by atoms with Crippen LogP contribution in [0.25, 0.3) is 0 Å². The first-order valence-electron chi connectivity index (χ1n) is 8.12. The number of nitrogens with one attached hydrogen (secondary N) is 1. The first-order chi connectivity index (χ1) is 12.3. The zero-order chi connectivity index (χ0) is 18.8. The highest BCUT2D eigenvalue weighted by Crippen LogP contribution is 2.35. The molecule has 2 aromatic carbocycles. The molecule has 0 radical (unpaired) electrons. The number of ether oxygens (including phenoxy) is 2. The third-order valence-corrected chi connectivity index (χ3v) is 4.51. The summed E-state index contributed by atoms with van der Waals surface area (Å²) in [6.07, 6.45) is -0.524. The van der Waals surface area contributed by atoms with E-state index in [0.717, 1.165) is 5.56 Å². The minimum Gasteiger partial charge on any atom is -0.484 e. The topological polar surface area (TPSA) is 67.9 Å². The molecule has 0 unspecified atom stereocenters. The Balaban J connectivity index is 1.64. The highest BCUT2D eigenvalue weighted by Gasteiger charge is 2.29. The molecule has 0 saturated heterocycles. The molecular formula is C19H19ClN2O4. The summed E-state index contributed by atoms with van der Waals surface area (Å²) in [4.78, 5) is 25.7. The number of aryl methyl sites for hydroxylation is 1. The Labute approximate surface area is 156 Å². The van der Waals surface area contributed by atoms with E-state index in [9.17, 15) is 9.59 Å². The Morgan fingerprint density at radius 1 is 1.31 bits per heavy atom. The van der Waals surface area contributed by atoms with Gasteiger partial charge in [0.15, 0.2) is 12.7 Å². The van der Waals surface area contributed by atoms with Crippen LogP contribution in [0.5, 0.6) is 11.5 Å². The van der Waals surface area contributed by atoms with Crippen LogP contribution in [-0.4, -0.2) is 31.6 Å². The largest absolute Gasteiger partial charge is 0.484 e. The molecule has 2 amide bonds. The summed E-state index contributed by atoms with van der Waals surface area (Å²) in [5, 5.41) is 3.40. The second-order valence-electron chi connectivity index (χ2n) is 6.09. The smallest absolute Gasteiger partial charge is 0.267 e. The van der Waals surface area contributed by atoms with Crippen LogP contribution in [0.4, 0.5) is 11.4 Å². The van der Waals surface area contributed by atoms with Crippen LogP contribution in [0.2, 0.25) is 5.02 Å². The number of halogens is 1. The maximum Gasteiger partial charge on any atom is 0.267 e. The zero-order valence-electron chi connectivity index (χ0n) is 14.7. The fourth-order valence-corrected chi connectivity index (χ4v) is 2.76. The van der Waals surface area contributed by atoms with Crippen molar-refractivity contribution in [1.82, 2.24) is 0 Å². The van der Waals surface area contributed by atoms with Gasteiger partial charge in [-0.3, -0.25) is 9.59 Å². The van der Waals surface area contributed by atoms with Gasteiger partial charge in [0.05, 0.1) is 5.69 Å². The number of rotatable bonds is 4. The van der Waals surface area contributed by atoms with Crippen LogP contribution in [0.3, 0.4) is 0 Å². The van der Waals surface area contributed by atoms with Gasteiger partial charge < -0.3 is 19.7 Å². The van der Waals surface area contributed by atoms with E-state index in [2.05, 4.69) is 5.32 Å². The van der Waals surface area contributed by atoms with Crippen molar-refractivity contribution in [1.29, 1.82) is 0 Å². The SMILES string of the molecule is Cc1cc(OCC(=O)Nc2ccc3c(c2)N(C)C(=O)[C@H](C)O3)ccc1Cl. The van der Waals surface area contributed by atoms with Gasteiger partial charge in [-0.25, -0.2) is 0 Å². The number of benzene rings is 2. The van der Waals surface area contributed by atoms with Crippen LogP contribution < -0.4 is 19.7 Å². The predicted molar refractivity (Wildman–Crippen MR) is 100 cm³/mol. The molecule has 0 fully saturated rings. The van der Waals surface area contributed by atoms with Gasteiger partial charge in [-0.15, -0.1) is 0 Å². The average molecular weight is 375 g/mol. The van der Waals surface area contributed by atoms with Crippen LogP contribution in [0.15, 0.2) is 36.4 Å². The van der Waals surface area contributed by atoms with Crippen molar-refractivity contribution >= 4 is 34.8 Å². The van der Waals surface area contributed by atoms with E-state index >= 15 is 0 Å². The number of amides is 2. The second-order valence-corrected chi connectivity index (χ2v) is 6.49. The molecule has 136 valence electrons. The lowest BCUT2D eigenvalue weighted by molar-refractivity contribution is -0.125. The van der Waals surface area contributed by atoms with Crippen LogP contribution in [0.1, 0.15) is 12.5 Å². The Hall–Kier alpha value is -2.73. The van der Waals surface area contributed by atoms with Gasteiger partial charge >= 0.3 is 0 Å². The summed E-state index contributed by atoms with van der Waals surface area (Å²) in [7, 11) is 1.68. The Kier molecular flexibility index (Phi) is 5.04. The minimum absolute atomic E-state index is 0.137. The normalized spacial score (nSPS) is 15.9. The van der Waals surface area contributed by atoms with E-state index in [1.54, 1.807) is 50.4 Å². The van der Waals surface area contributed by atoms with E-state index in [1.807, 2.05) is 6.92 Å². The molecule has 7 heteroatoms. The summed E-state index contributed by atoms with van der Waals surface area (Å²) < 4.78 is 11.0. The molecule has 26 heavy (non-hydrogen) atoms. The Morgan fingerprint density at radius 2 is 2.08 bits per heavy atom. The molecule has 0 aromatic heterocycles. The summed E-state index contributed by atoms with van der Waals surface area (Å²) in [5.41, 5.74) is 2.05. The van der Waals surface area contributed by atoms with Gasteiger partial charge in [-0.2, -0.15) is 0 Å². The van der Waals surface area contributed by atoms with Gasteiger partial charge in [0, 0.05) is 17.8 Å². The van der Waals surface area contributed by atoms with E-state index in [1.165, 1.54) is 4.90 Å². The molecule has 1 heterocycles. The lowest BCUT2D eigenvalue weighted by atomic mass is 10.2. The van der Waals surface area contributed by atoms with Gasteiger partial charge in [-0.05, 0) is 55.8 Å². The number of carbonyl (C=O) groups excluding carboxylic acids is 2. The molecule has 0 saturated carbocycles. The number of nitrogens with zero attached hydrogens (tertiary/aromatic N) is 1. The van der Waals surface area contributed by atoms with Gasteiger partial charge in [0.2, 0.25) is 0 Å². The van der Waals surface area contributed by atoms with E-state index in [-0.39, 0.29) is 18.4 Å². The predicted octanol–water partition coefficient (Wildman–Crippen LogP) is 3.41. The molecular weight excluding hydrogens is 356 g/mol. The quantitative estimate of drug-likeness (QED) is 0.890. The molecule has 0 bridgehead atoms. The highest BCUT2D eigenvalue weighted by molar-refractivity contribution is 6.31. The van der Waals surface area contributed by atoms with Crippen molar-refractivity contribution in [3.63, 3.8) is 0 Å². The van der Waals surface area contributed by atoms with Crippen LogP contribution in [-0.2, 0) is 9.59 Å². The number of hydrogen-bond donors (Lipinski definition) is 1. The van der Waals surface area contributed by atoms with Crippen molar-refractivity contribution in [2.45, 2.75) is 20.0 Å². The van der Waals surface area contributed by atoms with Gasteiger partial charge in [0.25, 0.3) is 11.8 Å². The molecule has 1 N–H and O–H groups in total. The molecule has 1 aliphatic rings. The molecule has 0 spiro atoms. The number of anilines is 2. The molecule has 1 atom stereocenters. The van der Waals surface area contributed by atoms with Gasteiger partial charge in [0.1, 0.15) is 11.5 Å². The standard InChI is InChI=1S/C19H19ClN2O4/c1-11-8-14(5-6-15(11)20)25-10-18(23)21-13-4-7-17-16(9-13)22(3)19(24)12(2)26-17/h4-9,12H,10H2,1-3H3,(H,21,23)/t12-/m0/s1. The second kappa shape index (κ2) is 7.25. The molecule has 3 rings (SSSR count). The lowest BCUT2D eigenvalue weighted by Crippen LogP contribution is -2.42. The van der Waals surface area contributed by atoms with Crippen molar-refractivity contribution in [2.75, 3.05) is 23.9 Å². The average Bonchev–Trinajstić information content (AvgIpc) is 2.61. The maximum absolute atomic E-state index is 12.1. The number of carbonyl (C=O) groups is 2. The van der Waals surface area contributed by atoms with Crippen molar-refractivity contribution in [3.05, 3.63) is 47.0 Å². The fourth-order valence-electron chi connectivity index (χ4n) is 2.64. The number of hydrogen-bond acceptors (Lipinski definition) is 4. The zero-order valence-corrected chi connectivity index (χ0v) is 15.5. The van der Waals surface area contributed by atoms with Crippen molar-refractivity contribution in [3.8, 4) is 11.5 Å². The molecule has 0 aliphatic carbocycles. The van der Waals surface area contributed by atoms with Crippen LogP contribution >= 0.6 is 11.6 Å². The molecule has 6 nitrogen and oxygen atoms in total. The first-order valence-corrected chi connectivity index (χ1v) is 8.50. The van der Waals surface area contributed by atoms with E-state index in [4.69, 9.17) is 21.1 Å². The summed E-state index contributed by atoms with van der Waals surface area (Å²) in [6, 6.07) is 10.4. The minimum atomic E-state index is -0.524. The van der Waals surface area contributed by atoms with Crippen molar-refractivity contribution in [2.24, 2.45) is 0 Å². The van der Waals surface area contributed by atoms with Crippen molar-refractivity contribution < 1.29 is 19.1 Å². The Bertz CT molecular complexity index is 869. The number of likely N-dealkylation sites (N-methyl/N-ethyl adjacent to an activating group) is 1. The fraction of sp³-hybridized carbons (Fsp3) is 0.263. The Morgan fingerprint density at radius 3 is 2.81 bits per heavy atom. The van der Waals surface area contributed by atoms with E-state index in [0.29, 0.717) is 27.9 Å². The highest BCUT2D eigenvalue weighted by atomic mass is 35.5. The third-order valence-electron chi connectivity index (χ3n) is 4.09. The first kappa shape index (κ1) is 18.1. The monoisotopic (exact) mass is 374 g/mol. The lowest BCUT2D eigenvalue weighted by Gasteiger charge is -2.30. The maximum atomic E-state index is 12.1. The number of fused-ring (bicyclic) bond motifs is 1. The summed E-state index contributed by atoms with van der Waals surface area (Å²) in [6.45, 7) is 3.43. The van der Waals surface area contributed by atoms with Crippen LogP contribution in [0, 0.1) is 6.92 Å². The third kappa shape index (κ3) is 3.75. The summed E-state index contributed by atoms with van der Waals surface area (Å²) >= 11 is 5.97. The van der Waals surface area contributed by atoms with E-state index < -0.39 is 6.10 Å².